The van der Waals surface area contributed by atoms with Crippen LogP contribution in [0.5, 0.6) is 0 Å². The van der Waals surface area contributed by atoms with Gasteiger partial charge >= 0.3 is 0 Å². The first-order valence-corrected chi connectivity index (χ1v) is 5.26. The Balaban J connectivity index is 2.20. The predicted octanol–water partition coefficient (Wildman–Crippen LogP) is 2.84. The molecule has 1 nitrogen and oxygen atoms in total. The van der Waals surface area contributed by atoms with Crippen molar-refractivity contribution in [3.8, 4) is 0 Å². The van der Waals surface area contributed by atoms with Gasteiger partial charge in [-0.15, -0.1) is 0 Å². The van der Waals surface area contributed by atoms with Gasteiger partial charge in [0.1, 0.15) is 0 Å². The molecule has 1 aromatic heterocycles. The summed E-state index contributed by atoms with van der Waals surface area (Å²) in [5.74, 6) is 0. The Morgan fingerprint density at radius 3 is 2.75 bits per heavy atom. The van der Waals surface area contributed by atoms with Gasteiger partial charge in [-0.2, -0.15) is 11.3 Å². The van der Waals surface area contributed by atoms with Crippen LogP contribution in [-0.2, 0) is 6.42 Å². The van der Waals surface area contributed by atoms with Crippen molar-refractivity contribution in [1.29, 1.82) is 0 Å². The summed E-state index contributed by atoms with van der Waals surface area (Å²) >= 11 is 1.74. The molecule has 0 unspecified atom stereocenters. The highest BCUT2D eigenvalue weighted by molar-refractivity contribution is 7.07. The minimum absolute atomic E-state index is 0.504. The van der Waals surface area contributed by atoms with E-state index in [2.05, 4.69) is 16.8 Å². The van der Waals surface area contributed by atoms with Crippen molar-refractivity contribution in [3.05, 3.63) is 22.4 Å². The molecule has 0 aliphatic heterocycles. The summed E-state index contributed by atoms with van der Waals surface area (Å²) in [5, 5.41) is 13.7. The van der Waals surface area contributed by atoms with Crippen LogP contribution in [0, 0.1) is 0 Å². The van der Waals surface area contributed by atoms with Crippen LogP contribution in [0.25, 0.3) is 0 Å². The van der Waals surface area contributed by atoms with E-state index < -0.39 is 5.60 Å². The lowest BCUT2D eigenvalue weighted by atomic mass is 10.0. The summed E-state index contributed by atoms with van der Waals surface area (Å²) in [4.78, 5) is 0. The van der Waals surface area contributed by atoms with Crippen molar-refractivity contribution < 1.29 is 5.11 Å². The van der Waals surface area contributed by atoms with Crippen molar-refractivity contribution in [3.63, 3.8) is 0 Å². The molecule has 0 saturated carbocycles. The Kier molecular flexibility index (Phi) is 3.29. The quantitative estimate of drug-likeness (QED) is 0.763. The molecule has 12 heavy (non-hydrogen) atoms. The summed E-state index contributed by atoms with van der Waals surface area (Å²) in [6.07, 6.45) is 3.04. The van der Waals surface area contributed by atoms with Gasteiger partial charge in [-0.25, -0.2) is 0 Å². The fourth-order valence-electron chi connectivity index (χ4n) is 1.16. The molecular formula is C10H16OS. The van der Waals surface area contributed by atoms with Crippen LogP contribution >= 0.6 is 11.3 Å². The summed E-state index contributed by atoms with van der Waals surface area (Å²) in [6, 6.07) is 2.15. The van der Waals surface area contributed by atoms with Crippen LogP contribution in [0.15, 0.2) is 16.8 Å². The number of rotatable bonds is 4. The van der Waals surface area contributed by atoms with E-state index >= 15 is 0 Å². The third-order valence-electron chi connectivity index (χ3n) is 1.83. The number of aliphatic hydroxyl groups is 1. The molecule has 0 bridgehead atoms. The van der Waals surface area contributed by atoms with Gasteiger partial charge in [-0.3, -0.25) is 0 Å². The van der Waals surface area contributed by atoms with Crippen molar-refractivity contribution in [2.24, 2.45) is 0 Å². The molecule has 1 rings (SSSR count). The van der Waals surface area contributed by atoms with Crippen molar-refractivity contribution >= 4 is 11.3 Å². The van der Waals surface area contributed by atoms with Crippen LogP contribution < -0.4 is 0 Å². The molecule has 0 aliphatic carbocycles. The first-order valence-electron chi connectivity index (χ1n) is 4.31. The van der Waals surface area contributed by atoms with E-state index in [1.54, 1.807) is 11.3 Å². The van der Waals surface area contributed by atoms with E-state index in [1.165, 1.54) is 5.56 Å². The molecule has 0 aliphatic rings. The maximum absolute atomic E-state index is 9.45. The number of hydrogen-bond acceptors (Lipinski definition) is 2. The standard InChI is InChI=1S/C10H16OS/c1-10(2,11)6-3-4-9-5-7-12-8-9/h5,7-8,11H,3-4,6H2,1-2H3. The lowest BCUT2D eigenvalue weighted by Crippen LogP contribution is -2.18. The van der Waals surface area contributed by atoms with Crippen molar-refractivity contribution in [1.82, 2.24) is 0 Å². The predicted molar refractivity (Wildman–Crippen MR) is 53.6 cm³/mol. The van der Waals surface area contributed by atoms with Gasteiger partial charge in [0.2, 0.25) is 0 Å². The monoisotopic (exact) mass is 184 g/mol. The Labute approximate surface area is 78.1 Å². The lowest BCUT2D eigenvalue weighted by molar-refractivity contribution is 0.0689. The normalized spacial score (nSPS) is 11.9. The molecular weight excluding hydrogens is 168 g/mol. The Morgan fingerprint density at radius 2 is 2.25 bits per heavy atom. The van der Waals surface area contributed by atoms with Gasteiger partial charge < -0.3 is 5.11 Å². The van der Waals surface area contributed by atoms with Gasteiger partial charge in [0, 0.05) is 0 Å². The molecule has 2 heteroatoms. The van der Waals surface area contributed by atoms with Crippen LogP contribution in [-0.4, -0.2) is 10.7 Å². The first-order chi connectivity index (χ1) is 5.58. The van der Waals surface area contributed by atoms with Crippen molar-refractivity contribution in [2.45, 2.75) is 38.7 Å². The Hall–Kier alpha value is -0.340. The average Bonchev–Trinajstić information content (AvgIpc) is 2.36. The van der Waals surface area contributed by atoms with E-state index in [9.17, 15) is 5.11 Å². The fourth-order valence-corrected chi connectivity index (χ4v) is 1.86. The van der Waals surface area contributed by atoms with Crippen LogP contribution in [0.2, 0.25) is 0 Å². The minimum Gasteiger partial charge on any atom is -0.390 e. The van der Waals surface area contributed by atoms with Gasteiger partial charge in [-0.05, 0) is 55.5 Å². The van der Waals surface area contributed by atoms with E-state index in [0.29, 0.717) is 0 Å². The largest absolute Gasteiger partial charge is 0.390 e. The molecule has 0 saturated heterocycles. The third kappa shape index (κ3) is 3.88. The highest BCUT2D eigenvalue weighted by atomic mass is 32.1. The Morgan fingerprint density at radius 1 is 1.50 bits per heavy atom. The van der Waals surface area contributed by atoms with Crippen LogP contribution in [0.3, 0.4) is 0 Å². The highest BCUT2D eigenvalue weighted by Gasteiger charge is 2.11. The average molecular weight is 184 g/mol. The van der Waals surface area contributed by atoms with Gasteiger partial charge in [0.05, 0.1) is 5.60 Å². The molecule has 0 amide bonds. The SMILES string of the molecule is CC(C)(O)CCCc1ccsc1. The first kappa shape index (κ1) is 9.75. The summed E-state index contributed by atoms with van der Waals surface area (Å²) in [7, 11) is 0. The van der Waals surface area contributed by atoms with E-state index in [4.69, 9.17) is 0 Å². The zero-order valence-electron chi connectivity index (χ0n) is 7.71. The summed E-state index contributed by atoms with van der Waals surface area (Å²) in [5.41, 5.74) is 0.889. The van der Waals surface area contributed by atoms with Crippen LogP contribution in [0.4, 0.5) is 0 Å². The number of thiophene rings is 1. The second-order valence-electron chi connectivity index (χ2n) is 3.80. The second-order valence-corrected chi connectivity index (χ2v) is 4.58. The van der Waals surface area contributed by atoms with E-state index in [-0.39, 0.29) is 0 Å². The molecule has 1 aromatic rings. The molecule has 1 N–H and O–H groups in total. The maximum atomic E-state index is 9.45. The number of hydrogen-bond donors (Lipinski definition) is 1. The fraction of sp³-hybridized carbons (Fsp3) is 0.600. The van der Waals surface area contributed by atoms with Crippen molar-refractivity contribution in [2.75, 3.05) is 0 Å². The zero-order chi connectivity index (χ0) is 9.03. The van der Waals surface area contributed by atoms with Crippen LogP contribution in [0.1, 0.15) is 32.3 Å². The summed E-state index contributed by atoms with van der Waals surface area (Å²) < 4.78 is 0. The lowest BCUT2D eigenvalue weighted by Gasteiger charge is -2.15. The molecule has 1 heterocycles. The topological polar surface area (TPSA) is 20.2 Å². The van der Waals surface area contributed by atoms with E-state index in [0.717, 1.165) is 19.3 Å². The number of aryl methyl sites for hydroxylation is 1. The molecule has 68 valence electrons. The Bertz CT molecular complexity index is 208. The minimum atomic E-state index is -0.504. The maximum Gasteiger partial charge on any atom is 0.0591 e. The molecule has 0 aromatic carbocycles. The smallest absolute Gasteiger partial charge is 0.0591 e. The molecule has 0 spiro atoms. The van der Waals surface area contributed by atoms with Gasteiger partial charge in [0.15, 0.2) is 0 Å². The van der Waals surface area contributed by atoms with Gasteiger partial charge in [-0.1, -0.05) is 0 Å². The van der Waals surface area contributed by atoms with E-state index in [1.807, 2.05) is 13.8 Å². The zero-order valence-corrected chi connectivity index (χ0v) is 8.53. The molecule has 0 fully saturated rings. The van der Waals surface area contributed by atoms with Gasteiger partial charge in [0.25, 0.3) is 0 Å². The summed E-state index contributed by atoms with van der Waals surface area (Å²) in [6.45, 7) is 3.72. The molecule has 0 atom stereocenters. The second kappa shape index (κ2) is 4.06. The molecule has 0 radical (unpaired) electrons. The third-order valence-corrected chi connectivity index (χ3v) is 2.57. The highest BCUT2D eigenvalue weighted by Crippen LogP contribution is 2.15.